The minimum atomic E-state index is -4.56. The van der Waals surface area contributed by atoms with E-state index in [1.807, 2.05) is 27.7 Å². The third kappa shape index (κ3) is 13.2. The summed E-state index contributed by atoms with van der Waals surface area (Å²) in [4.78, 5) is 10.0. The summed E-state index contributed by atoms with van der Waals surface area (Å²) in [7, 11) is 0. The van der Waals surface area contributed by atoms with E-state index in [9.17, 15) is 44.6 Å². The molecule has 4 rings (SSSR count). The van der Waals surface area contributed by atoms with Gasteiger partial charge in [0.05, 0.1) is 0 Å². The SMILES string of the molecule is CC.CC.CC(C)c1oc(C(C)(C)O)nc1C(F)(F)F.CC(C)c1oc(C2CC2)nc1C(F)(F)F.CC(C)c1ocnc1C(F)(F)F. The molecule has 3 heterocycles. The van der Waals surface area contributed by atoms with Crippen molar-refractivity contribution in [1.29, 1.82) is 0 Å². The minimum absolute atomic E-state index is 0.0376. The molecule has 0 aliphatic heterocycles. The number of halogens is 9. The summed E-state index contributed by atoms with van der Waals surface area (Å²) in [5, 5.41) is 9.55. The monoisotopic (exact) mass is 695 g/mol. The minimum Gasteiger partial charge on any atom is -0.448 e. The highest BCUT2D eigenvalue weighted by molar-refractivity contribution is 5.20. The van der Waals surface area contributed by atoms with Gasteiger partial charge in [0, 0.05) is 23.7 Å². The maximum atomic E-state index is 12.6. The summed E-state index contributed by atoms with van der Waals surface area (Å²) >= 11 is 0. The van der Waals surface area contributed by atoms with Gasteiger partial charge >= 0.3 is 18.5 Å². The van der Waals surface area contributed by atoms with Crippen molar-refractivity contribution < 1.29 is 57.9 Å². The lowest BCUT2D eigenvalue weighted by Gasteiger charge is -2.11. The van der Waals surface area contributed by atoms with Gasteiger partial charge in [0.1, 0.15) is 22.9 Å². The van der Waals surface area contributed by atoms with Gasteiger partial charge in [-0.3, -0.25) is 0 Å². The molecular formula is C31H46F9N3O4. The predicted molar refractivity (Wildman–Crippen MR) is 157 cm³/mol. The number of oxazole rings is 3. The Hall–Kier alpha value is -3.04. The summed E-state index contributed by atoms with van der Waals surface area (Å²) in [6, 6.07) is 0. The summed E-state index contributed by atoms with van der Waals surface area (Å²) in [5.41, 5.74) is -4.34. The second-order valence-electron chi connectivity index (χ2n) is 11.4. The second-order valence-corrected chi connectivity index (χ2v) is 11.4. The Balaban J connectivity index is 0.000000646. The fourth-order valence-electron chi connectivity index (χ4n) is 3.51. The average molecular weight is 696 g/mol. The molecule has 0 aromatic carbocycles. The Morgan fingerprint density at radius 1 is 0.638 bits per heavy atom. The number of hydrogen-bond donors (Lipinski definition) is 1. The van der Waals surface area contributed by atoms with Crippen LogP contribution in [0.4, 0.5) is 39.5 Å². The van der Waals surface area contributed by atoms with Crippen molar-refractivity contribution >= 4 is 0 Å². The normalized spacial score (nSPS) is 13.6. The number of hydrogen-bond acceptors (Lipinski definition) is 7. The van der Waals surface area contributed by atoms with Crippen molar-refractivity contribution in [2.45, 2.75) is 144 Å². The van der Waals surface area contributed by atoms with Crippen LogP contribution < -0.4 is 0 Å². The molecule has 0 saturated heterocycles. The number of aliphatic hydroxyl groups is 1. The van der Waals surface area contributed by atoms with Crippen LogP contribution in [0.5, 0.6) is 0 Å². The molecule has 0 radical (unpaired) electrons. The van der Waals surface area contributed by atoms with Crippen LogP contribution in [-0.4, -0.2) is 20.1 Å². The number of aromatic nitrogens is 3. The van der Waals surface area contributed by atoms with Crippen molar-refractivity contribution in [3.8, 4) is 0 Å². The highest BCUT2D eigenvalue weighted by Crippen LogP contribution is 2.44. The molecule has 1 fully saturated rings. The quantitative estimate of drug-likeness (QED) is 0.265. The molecule has 1 saturated carbocycles. The van der Waals surface area contributed by atoms with E-state index in [0.717, 1.165) is 19.2 Å². The maximum Gasteiger partial charge on any atom is 0.436 e. The average Bonchev–Trinajstić information content (AvgIpc) is 3.36. The van der Waals surface area contributed by atoms with Gasteiger partial charge in [-0.25, -0.2) is 15.0 Å². The van der Waals surface area contributed by atoms with Gasteiger partial charge in [-0.05, 0) is 26.7 Å². The van der Waals surface area contributed by atoms with Crippen molar-refractivity contribution in [3.63, 3.8) is 0 Å². The summed E-state index contributed by atoms with van der Waals surface area (Å²) in [6.45, 7) is 20.4. The van der Waals surface area contributed by atoms with Crippen molar-refractivity contribution in [3.05, 3.63) is 52.5 Å². The molecule has 0 amide bonds. The van der Waals surface area contributed by atoms with E-state index in [1.54, 1.807) is 41.5 Å². The van der Waals surface area contributed by atoms with Crippen LogP contribution in [0.3, 0.4) is 0 Å². The lowest BCUT2D eigenvalue weighted by atomic mass is 10.1. The zero-order valence-corrected chi connectivity index (χ0v) is 28.7. The zero-order chi connectivity index (χ0) is 37.3. The molecular weight excluding hydrogens is 649 g/mol. The Labute approximate surface area is 269 Å². The van der Waals surface area contributed by atoms with E-state index in [-0.39, 0.29) is 46.8 Å². The first-order valence-electron chi connectivity index (χ1n) is 15.2. The van der Waals surface area contributed by atoms with Crippen LogP contribution in [0.1, 0.15) is 166 Å². The summed E-state index contributed by atoms with van der Waals surface area (Å²) in [5.74, 6) is -1.38. The van der Waals surface area contributed by atoms with Gasteiger partial charge < -0.3 is 18.4 Å². The summed E-state index contributed by atoms with van der Waals surface area (Å²) < 4.78 is 127. The van der Waals surface area contributed by atoms with Crippen LogP contribution in [0, 0.1) is 0 Å². The van der Waals surface area contributed by atoms with Crippen LogP contribution in [0.15, 0.2) is 19.6 Å². The number of rotatable bonds is 5. The van der Waals surface area contributed by atoms with Crippen LogP contribution in [0.2, 0.25) is 0 Å². The molecule has 0 atom stereocenters. The van der Waals surface area contributed by atoms with E-state index in [4.69, 9.17) is 8.83 Å². The molecule has 47 heavy (non-hydrogen) atoms. The third-order valence-electron chi connectivity index (χ3n) is 5.75. The van der Waals surface area contributed by atoms with Crippen LogP contribution in [0.25, 0.3) is 0 Å². The van der Waals surface area contributed by atoms with Gasteiger partial charge in [-0.1, -0.05) is 69.2 Å². The van der Waals surface area contributed by atoms with E-state index in [1.165, 1.54) is 13.8 Å². The standard InChI is InChI=1S/C10H14F3NO2.C10H12F3NO.C7H8F3NO.2C2H6/c1-5(2)6-7(10(11,12)13)14-8(16-6)9(3,4)15;1-5(2)7-8(10(11,12)13)14-9(15-7)6-3-4-6;1-4(2)5-6(7(8,9)10)11-3-12-5;2*1-2/h5,15H,1-4H3;5-6H,3-4H2,1-2H3;3-4H,1-2H3;2*1-2H3. The molecule has 0 unspecified atom stereocenters. The molecule has 1 aliphatic rings. The second kappa shape index (κ2) is 17.4. The van der Waals surface area contributed by atoms with Gasteiger partial charge in [0.25, 0.3) is 0 Å². The molecule has 7 nitrogen and oxygen atoms in total. The van der Waals surface area contributed by atoms with E-state index in [0.29, 0.717) is 0 Å². The van der Waals surface area contributed by atoms with Gasteiger partial charge in [0.15, 0.2) is 29.4 Å². The molecule has 3 aromatic rings. The first kappa shape index (κ1) is 44.0. The van der Waals surface area contributed by atoms with Crippen LogP contribution >= 0.6 is 0 Å². The van der Waals surface area contributed by atoms with Crippen molar-refractivity contribution in [2.75, 3.05) is 0 Å². The molecule has 3 aromatic heterocycles. The fourth-order valence-corrected chi connectivity index (χ4v) is 3.51. The van der Waals surface area contributed by atoms with Gasteiger partial charge in [0.2, 0.25) is 5.89 Å². The zero-order valence-electron chi connectivity index (χ0n) is 28.7. The highest BCUT2D eigenvalue weighted by atomic mass is 19.4. The molecule has 1 aliphatic carbocycles. The Morgan fingerprint density at radius 3 is 1.30 bits per heavy atom. The van der Waals surface area contributed by atoms with Crippen molar-refractivity contribution in [1.82, 2.24) is 15.0 Å². The van der Waals surface area contributed by atoms with Gasteiger partial charge in [-0.15, -0.1) is 0 Å². The van der Waals surface area contributed by atoms with E-state index >= 15 is 0 Å². The summed E-state index contributed by atoms with van der Waals surface area (Å²) in [6.07, 6.45) is -10.8. The fraction of sp³-hybridized carbons (Fsp3) is 0.710. The maximum absolute atomic E-state index is 12.6. The molecule has 16 heteroatoms. The first-order valence-corrected chi connectivity index (χ1v) is 15.2. The van der Waals surface area contributed by atoms with E-state index in [2.05, 4.69) is 19.4 Å². The smallest absolute Gasteiger partial charge is 0.436 e. The highest BCUT2D eigenvalue weighted by Gasteiger charge is 2.43. The lowest BCUT2D eigenvalue weighted by molar-refractivity contribution is -0.143. The van der Waals surface area contributed by atoms with Crippen molar-refractivity contribution in [2.24, 2.45) is 0 Å². The molecule has 0 bridgehead atoms. The van der Waals surface area contributed by atoms with E-state index < -0.39 is 47.1 Å². The molecule has 0 spiro atoms. The number of alkyl halides is 9. The Kier molecular flexibility index (Phi) is 16.3. The first-order chi connectivity index (χ1) is 21.4. The predicted octanol–water partition coefficient (Wildman–Crippen LogP) is 11.6. The third-order valence-corrected chi connectivity index (χ3v) is 5.75. The lowest BCUT2D eigenvalue weighted by Crippen LogP contribution is -2.16. The molecule has 1 N–H and O–H groups in total. The topological polar surface area (TPSA) is 98.3 Å². The molecule has 272 valence electrons. The van der Waals surface area contributed by atoms with Gasteiger partial charge in [-0.2, -0.15) is 39.5 Å². The number of nitrogens with zero attached hydrogens (tertiary/aromatic N) is 3. The van der Waals surface area contributed by atoms with Crippen LogP contribution in [-0.2, 0) is 24.1 Å². The largest absolute Gasteiger partial charge is 0.448 e. The Bertz CT molecular complexity index is 1320. The Morgan fingerprint density at radius 2 is 1.02 bits per heavy atom.